The molecule has 29 heteroatoms. The highest BCUT2D eigenvalue weighted by molar-refractivity contribution is 5.73. The molecule has 0 saturated carbocycles. The van der Waals surface area contributed by atoms with Gasteiger partial charge < -0.3 is 139 Å². The Morgan fingerprint density at radius 1 is 0.420 bits per heavy atom. The van der Waals surface area contributed by atoms with Gasteiger partial charge in [-0.25, -0.2) is 4.79 Å². The lowest BCUT2D eigenvalue weighted by molar-refractivity contribution is -0.411. The third kappa shape index (κ3) is 12.2. The van der Waals surface area contributed by atoms with E-state index in [0.29, 0.717) is 19.4 Å². The summed E-state index contributed by atoms with van der Waals surface area (Å²) in [4.78, 5) is 13.0. The number of ether oxygens (including phenoxy) is 12. The molecule has 0 aromatic heterocycles. The molecule has 6 saturated heterocycles. The second kappa shape index (κ2) is 24.2. The summed E-state index contributed by atoms with van der Waals surface area (Å²) in [6.45, 7) is 4.89. The fraction of sp³-hybridized carbons (Fsp3) is 0.975. The van der Waals surface area contributed by atoms with Gasteiger partial charge in [0.15, 0.2) is 43.8 Å². The molecular formula is C40H69NO28. The fourth-order valence-electron chi connectivity index (χ4n) is 8.76. The van der Waals surface area contributed by atoms with Crippen LogP contribution in [0.1, 0.15) is 40.5 Å². The third-order valence-electron chi connectivity index (χ3n) is 13.1. The summed E-state index contributed by atoms with van der Waals surface area (Å²) in [6.07, 6.45) is -54.0. The van der Waals surface area contributed by atoms with E-state index in [9.17, 15) is 81.4 Å². The molecule has 29 nitrogen and oxygen atoms in total. The van der Waals surface area contributed by atoms with Crippen LogP contribution in [0.5, 0.6) is 0 Å². The van der Waals surface area contributed by atoms with Crippen LogP contribution in [0.15, 0.2) is 0 Å². The molecular weight excluding hydrogens is 942 g/mol. The van der Waals surface area contributed by atoms with E-state index in [-0.39, 0.29) is 6.61 Å². The van der Waals surface area contributed by atoms with Crippen molar-refractivity contribution in [2.75, 3.05) is 19.8 Å². The van der Waals surface area contributed by atoms with Gasteiger partial charge in [-0.3, -0.25) is 0 Å². The SMILES string of the molecule is CC1OC(OC2C(C(=O)O)OC(OC3C(OC4C(OC5C(OCCCCN)OC(C)C(O)C5O)OC(C)C(O)C4O)OC(C)C(O)C3O)C(O)C2OC2OC(CO)C(O)C(O)C2O)C(O)C(O)C1O. The highest BCUT2D eigenvalue weighted by Gasteiger charge is 2.59. The second-order valence-corrected chi connectivity index (χ2v) is 18.1. The number of hydrogen-bond donors (Lipinski definition) is 16. The number of carbonyl (C=O) groups is 1. The summed E-state index contributed by atoms with van der Waals surface area (Å²) in [5.74, 6) is -1.88. The maximum absolute atomic E-state index is 13.0. The second-order valence-electron chi connectivity index (χ2n) is 18.1. The van der Waals surface area contributed by atoms with Crippen molar-refractivity contribution in [2.45, 2.75) is 225 Å². The van der Waals surface area contributed by atoms with Crippen molar-refractivity contribution < 1.29 is 138 Å². The summed E-state index contributed by atoms with van der Waals surface area (Å²) >= 11 is 0. The number of unbranched alkanes of at least 4 members (excludes halogenated alkanes) is 1. The molecule has 30 atom stereocenters. The molecule has 0 bridgehead atoms. The van der Waals surface area contributed by atoms with Gasteiger partial charge >= 0.3 is 5.97 Å². The van der Waals surface area contributed by atoms with Crippen molar-refractivity contribution in [3.8, 4) is 0 Å². The number of aliphatic hydroxyl groups excluding tert-OH is 14. The molecule has 6 fully saturated rings. The first kappa shape index (κ1) is 56.7. The van der Waals surface area contributed by atoms with Crippen molar-refractivity contribution in [3.63, 3.8) is 0 Å². The smallest absolute Gasteiger partial charge is 0.335 e. The van der Waals surface area contributed by atoms with Gasteiger partial charge in [0, 0.05) is 6.61 Å². The molecule has 6 rings (SSSR count). The lowest BCUT2D eigenvalue weighted by Gasteiger charge is -2.50. The predicted molar refractivity (Wildman–Crippen MR) is 216 cm³/mol. The van der Waals surface area contributed by atoms with E-state index in [1.54, 1.807) is 0 Å². The Morgan fingerprint density at radius 3 is 1.28 bits per heavy atom. The van der Waals surface area contributed by atoms with Crippen LogP contribution in [0, 0.1) is 0 Å². The van der Waals surface area contributed by atoms with Crippen LogP contribution in [-0.4, -0.2) is 287 Å². The lowest BCUT2D eigenvalue weighted by Crippen LogP contribution is -2.69. The van der Waals surface area contributed by atoms with Crippen molar-refractivity contribution in [1.29, 1.82) is 0 Å². The van der Waals surface area contributed by atoms with Crippen LogP contribution in [0.2, 0.25) is 0 Å². The van der Waals surface area contributed by atoms with Gasteiger partial charge in [-0.2, -0.15) is 0 Å². The minimum Gasteiger partial charge on any atom is -0.479 e. The van der Waals surface area contributed by atoms with Crippen LogP contribution >= 0.6 is 0 Å². The number of aliphatic carboxylic acids is 1. The average molecular weight is 1010 g/mol. The maximum atomic E-state index is 13.0. The molecule has 0 aromatic carbocycles. The number of nitrogens with two attached hydrogens (primary N) is 1. The lowest BCUT2D eigenvalue weighted by atomic mass is 9.95. The van der Waals surface area contributed by atoms with Gasteiger partial charge in [0.1, 0.15) is 116 Å². The van der Waals surface area contributed by atoms with Gasteiger partial charge in [-0.15, -0.1) is 0 Å². The Balaban J connectivity index is 1.31. The van der Waals surface area contributed by atoms with E-state index in [4.69, 9.17) is 62.6 Å². The van der Waals surface area contributed by atoms with Crippen LogP contribution in [-0.2, 0) is 61.6 Å². The summed E-state index contributed by atoms with van der Waals surface area (Å²) in [5.41, 5.74) is 5.59. The molecule has 17 N–H and O–H groups in total. The highest BCUT2D eigenvalue weighted by atomic mass is 16.8. The van der Waals surface area contributed by atoms with Crippen molar-refractivity contribution in [2.24, 2.45) is 5.73 Å². The first-order valence-electron chi connectivity index (χ1n) is 22.7. The number of rotatable bonds is 17. The summed E-state index contributed by atoms with van der Waals surface area (Å²) in [7, 11) is 0. The zero-order valence-corrected chi connectivity index (χ0v) is 37.9. The summed E-state index contributed by atoms with van der Waals surface area (Å²) < 4.78 is 69.8. The molecule has 0 radical (unpaired) electrons. The molecule has 30 unspecified atom stereocenters. The van der Waals surface area contributed by atoms with E-state index >= 15 is 0 Å². The van der Waals surface area contributed by atoms with Crippen LogP contribution in [0.25, 0.3) is 0 Å². The zero-order valence-electron chi connectivity index (χ0n) is 37.9. The Kier molecular flexibility index (Phi) is 19.8. The van der Waals surface area contributed by atoms with E-state index < -0.39 is 197 Å². The van der Waals surface area contributed by atoms with Gasteiger partial charge in [0.25, 0.3) is 0 Å². The minimum atomic E-state index is -2.37. The standard InChI is InChI=1S/C40H69NO28/c1-10-15(43)20(48)25(53)35(59-10)68-32-28(64-36-26(54)21(49)19(47)14(9-42)63-36)27(55)37(69-33(32)34(56)57)65-30-23(51)17(45)12(3)61-39(30)67-31-24(52)18(46)13(4)62-40(31)66-29-22(50)16(44)11(2)60-38(29)58-8-6-5-7-41/h10-33,35-40,42-55H,5-9,41H2,1-4H3,(H,56,57). The van der Waals surface area contributed by atoms with Gasteiger partial charge in [0.05, 0.1) is 31.0 Å². The molecule has 0 aromatic rings. The monoisotopic (exact) mass is 1010 g/mol. The maximum Gasteiger partial charge on any atom is 0.335 e. The molecule has 0 amide bonds. The normalized spacial score (nSPS) is 52.1. The number of carboxylic acid groups (broad SMARTS) is 1. The molecule has 6 aliphatic rings. The number of carboxylic acids is 1. The average Bonchev–Trinajstić information content (AvgIpc) is 3.31. The largest absolute Gasteiger partial charge is 0.479 e. The van der Waals surface area contributed by atoms with Crippen LogP contribution < -0.4 is 5.73 Å². The van der Waals surface area contributed by atoms with Gasteiger partial charge in [-0.1, -0.05) is 0 Å². The van der Waals surface area contributed by atoms with Crippen molar-refractivity contribution in [3.05, 3.63) is 0 Å². The quantitative estimate of drug-likeness (QED) is 0.0602. The predicted octanol–water partition coefficient (Wildman–Crippen LogP) is -9.13. The Hall–Kier alpha value is -1.61. The number of hydrogen-bond acceptors (Lipinski definition) is 28. The molecule has 0 aliphatic carbocycles. The van der Waals surface area contributed by atoms with E-state index in [2.05, 4.69) is 0 Å². The topological polar surface area (TPSA) is 457 Å². The van der Waals surface area contributed by atoms with E-state index in [0.717, 1.165) is 0 Å². The van der Waals surface area contributed by atoms with Gasteiger partial charge in [0.2, 0.25) is 0 Å². The summed E-state index contributed by atoms with van der Waals surface area (Å²) in [6, 6.07) is 0. The first-order chi connectivity index (χ1) is 32.5. The molecule has 402 valence electrons. The molecule has 69 heavy (non-hydrogen) atoms. The summed E-state index contributed by atoms with van der Waals surface area (Å²) in [5, 5.41) is 163. The van der Waals surface area contributed by atoms with Gasteiger partial charge in [-0.05, 0) is 47.1 Å². The first-order valence-corrected chi connectivity index (χ1v) is 22.7. The highest BCUT2D eigenvalue weighted by Crippen LogP contribution is 2.38. The van der Waals surface area contributed by atoms with E-state index in [1.165, 1.54) is 27.7 Å². The number of aliphatic hydroxyl groups is 14. The van der Waals surface area contributed by atoms with Crippen molar-refractivity contribution in [1.82, 2.24) is 0 Å². The molecule has 0 spiro atoms. The Bertz CT molecular complexity index is 1610. The Morgan fingerprint density at radius 2 is 0.797 bits per heavy atom. The zero-order chi connectivity index (χ0) is 50.9. The Labute approximate surface area is 394 Å². The van der Waals surface area contributed by atoms with Crippen LogP contribution in [0.3, 0.4) is 0 Å². The van der Waals surface area contributed by atoms with Crippen LogP contribution in [0.4, 0.5) is 0 Å². The fourth-order valence-corrected chi connectivity index (χ4v) is 8.76. The molecule has 6 heterocycles. The molecule has 6 aliphatic heterocycles. The van der Waals surface area contributed by atoms with E-state index in [1.807, 2.05) is 0 Å². The third-order valence-corrected chi connectivity index (χ3v) is 13.1. The van der Waals surface area contributed by atoms with Crippen molar-refractivity contribution >= 4 is 5.97 Å². The minimum absolute atomic E-state index is 0.0788.